The number of furan rings is 1. The maximum absolute atomic E-state index is 5.77. The molecule has 0 spiro atoms. The minimum Gasteiger partial charge on any atom is -0.459 e. The van der Waals surface area contributed by atoms with E-state index >= 15 is 0 Å². The topological polar surface area (TPSA) is 37.2 Å². The van der Waals surface area contributed by atoms with Crippen LogP contribution in [0, 0.1) is 0 Å². The summed E-state index contributed by atoms with van der Waals surface area (Å²) < 4.78 is 5.77. The Bertz CT molecular complexity index is 529. The Balaban J connectivity index is 2.06. The molecule has 3 nitrogen and oxygen atoms in total. The van der Waals surface area contributed by atoms with Crippen molar-refractivity contribution in [2.45, 2.75) is 13.0 Å². The van der Waals surface area contributed by atoms with Gasteiger partial charge < -0.3 is 15.1 Å². The molecule has 0 fully saturated rings. The quantitative estimate of drug-likeness (QED) is 0.654. The van der Waals surface area contributed by atoms with Crippen LogP contribution in [0.2, 0.25) is 0 Å². The second-order valence-electron chi connectivity index (χ2n) is 4.05. The summed E-state index contributed by atoms with van der Waals surface area (Å²) in [7, 11) is 0. The van der Waals surface area contributed by atoms with Gasteiger partial charge in [-0.05, 0) is 31.3 Å². The van der Waals surface area contributed by atoms with Gasteiger partial charge in [0.25, 0.3) is 0 Å². The predicted octanol–water partition coefficient (Wildman–Crippen LogP) is 3.14. The van der Waals surface area contributed by atoms with Gasteiger partial charge in [-0.15, -0.1) is 6.58 Å². The summed E-state index contributed by atoms with van der Waals surface area (Å²) >= 11 is 5.16. The first-order valence-electron chi connectivity index (χ1n) is 5.84. The zero-order valence-corrected chi connectivity index (χ0v) is 11.1. The van der Waals surface area contributed by atoms with Gasteiger partial charge in [-0.2, -0.15) is 0 Å². The van der Waals surface area contributed by atoms with Crippen molar-refractivity contribution >= 4 is 28.3 Å². The van der Waals surface area contributed by atoms with Crippen LogP contribution >= 0.6 is 12.2 Å². The smallest absolute Gasteiger partial charge is 0.167 e. The highest BCUT2D eigenvalue weighted by atomic mass is 32.1. The van der Waals surface area contributed by atoms with Gasteiger partial charge in [-0.3, -0.25) is 0 Å². The summed E-state index contributed by atoms with van der Waals surface area (Å²) in [5, 5.41) is 7.90. The molecule has 18 heavy (non-hydrogen) atoms. The van der Waals surface area contributed by atoms with E-state index in [0.29, 0.717) is 11.7 Å². The number of rotatable bonds is 4. The van der Waals surface area contributed by atoms with Crippen molar-refractivity contribution in [1.29, 1.82) is 0 Å². The van der Waals surface area contributed by atoms with E-state index in [1.807, 2.05) is 37.3 Å². The van der Waals surface area contributed by atoms with Gasteiger partial charge in [0.05, 0.1) is 6.04 Å². The summed E-state index contributed by atoms with van der Waals surface area (Å²) in [5.74, 6) is 0.874. The maximum Gasteiger partial charge on any atom is 0.167 e. The molecular weight excluding hydrogens is 244 g/mol. The molecule has 1 atom stereocenters. The third-order valence-corrected chi connectivity index (χ3v) is 2.89. The fourth-order valence-electron chi connectivity index (χ4n) is 1.70. The lowest BCUT2D eigenvalue weighted by Crippen LogP contribution is -2.36. The average molecular weight is 260 g/mol. The van der Waals surface area contributed by atoms with Gasteiger partial charge in [0.1, 0.15) is 11.3 Å². The summed E-state index contributed by atoms with van der Waals surface area (Å²) in [6.07, 6.45) is 1.76. The second-order valence-corrected chi connectivity index (χ2v) is 4.46. The maximum atomic E-state index is 5.77. The highest BCUT2D eigenvalue weighted by molar-refractivity contribution is 7.80. The molecule has 1 aromatic heterocycles. The lowest BCUT2D eigenvalue weighted by atomic mass is 10.2. The van der Waals surface area contributed by atoms with Crippen LogP contribution in [0.1, 0.15) is 18.7 Å². The predicted molar refractivity (Wildman–Crippen MR) is 78.6 cm³/mol. The molecule has 4 heteroatoms. The monoisotopic (exact) mass is 260 g/mol. The molecule has 0 aliphatic carbocycles. The zero-order valence-electron chi connectivity index (χ0n) is 10.3. The number of para-hydroxylation sites is 1. The Morgan fingerprint density at radius 2 is 2.28 bits per heavy atom. The Morgan fingerprint density at radius 3 is 3.00 bits per heavy atom. The molecule has 0 aliphatic rings. The van der Waals surface area contributed by atoms with Gasteiger partial charge in [0.15, 0.2) is 5.11 Å². The Kier molecular flexibility index (Phi) is 3.99. The van der Waals surface area contributed by atoms with Crippen LogP contribution in [-0.4, -0.2) is 11.7 Å². The first-order valence-corrected chi connectivity index (χ1v) is 6.25. The fraction of sp³-hybridized carbons (Fsp3) is 0.214. The van der Waals surface area contributed by atoms with Gasteiger partial charge in [-0.25, -0.2) is 0 Å². The summed E-state index contributed by atoms with van der Waals surface area (Å²) in [6, 6.07) is 10.0. The van der Waals surface area contributed by atoms with Crippen molar-refractivity contribution < 1.29 is 4.42 Å². The van der Waals surface area contributed by atoms with E-state index in [9.17, 15) is 0 Å². The molecule has 94 valence electrons. The van der Waals surface area contributed by atoms with Crippen LogP contribution in [0.15, 0.2) is 47.4 Å². The van der Waals surface area contributed by atoms with Crippen molar-refractivity contribution in [3.8, 4) is 0 Å². The first-order chi connectivity index (χ1) is 8.70. The van der Waals surface area contributed by atoms with E-state index in [0.717, 1.165) is 16.7 Å². The average Bonchev–Trinajstić information content (AvgIpc) is 2.80. The largest absolute Gasteiger partial charge is 0.459 e. The third-order valence-electron chi connectivity index (χ3n) is 2.63. The molecular formula is C14H16N2OS. The van der Waals surface area contributed by atoms with Gasteiger partial charge in [0, 0.05) is 11.9 Å². The van der Waals surface area contributed by atoms with Crippen LogP contribution in [0.25, 0.3) is 11.0 Å². The SMILES string of the molecule is C=CCNC(=S)N[C@H](C)c1cc2ccccc2o1. The van der Waals surface area contributed by atoms with Crippen molar-refractivity contribution in [2.75, 3.05) is 6.54 Å². The molecule has 1 aromatic carbocycles. The molecule has 0 saturated carbocycles. The standard InChI is InChI=1S/C14H16N2OS/c1-3-8-15-14(18)16-10(2)13-9-11-6-4-5-7-12(11)17-13/h3-7,9-10H,1,8H2,2H3,(H2,15,16,18)/t10-/m1/s1. The minimum atomic E-state index is 0.0298. The van der Waals surface area contributed by atoms with E-state index in [2.05, 4.69) is 17.2 Å². The molecule has 0 amide bonds. The number of nitrogens with one attached hydrogen (secondary N) is 2. The molecule has 2 N–H and O–H groups in total. The fourth-order valence-corrected chi connectivity index (χ4v) is 1.96. The van der Waals surface area contributed by atoms with Gasteiger partial charge >= 0.3 is 0 Å². The van der Waals surface area contributed by atoms with E-state index in [1.165, 1.54) is 0 Å². The number of hydrogen-bond donors (Lipinski definition) is 2. The van der Waals surface area contributed by atoms with Crippen LogP contribution < -0.4 is 10.6 Å². The van der Waals surface area contributed by atoms with E-state index < -0.39 is 0 Å². The summed E-state index contributed by atoms with van der Waals surface area (Å²) in [6.45, 7) is 6.30. The molecule has 0 radical (unpaired) electrons. The Labute approximate surface area is 112 Å². The molecule has 1 heterocycles. The van der Waals surface area contributed by atoms with Crippen molar-refractivity contribution in [2.24, 2.45) is 0 Å². The molecule has 0 saturated heterocycles. The van der Waals surface area contributed by atoms with Crippen molar-refractivity contribution in [3.63, 3.8) is 0 Å². The number of thiocarbonyl (C=S) groups is 1. The van der Waals surface area contributed by atoms with Crippen molar-refractivity contribution in [1.82, 2.24) is 10.6 Å². The second kappa shape index (κ2) is 5.69. The van der Waals surface area contributed by atoms with Gasteiger partial charge in [0.2, 0.25) is 0 Å². The Morgan fingerprint density at radius 1 is 1.50 bits per heavy atom. The lowest BCUT2D eigenvalue weighted by Gasteiger charge is -2.14. The molecule has 2 aromatic rings. The first kappa shape index (κ1) is 12.6. The van der Waals surface area contributed by atoms with E-state index in [1.54, 1.807) is 6.08 Å². The summed E-state index contributed by atoms with van der Waals surface area (Å²) in [5.41, 5.74) is 0.895. The summed E-state index contributed by atoms with van der Waals surface area (Å²) in [4.78, 5) is 0. The van der Waals surface area contributed by atoms with Crippen LogP contribution in [0.3, 0.4) is 0 Å². The minimum absolute atomic E-state index is 0.0298. The third kappa shape index (κ3) is 2.90. The zero-order chi connectivity index (χ0) is 13.0. The number of fused-ring (bicyclic) bond motifs is 1. The van der Waals surface area contributed by atoms with Gasteiger partial charge in [-0.1, -0.05) is 24.3 Å². The number of hydrogen-bond acceptors (Lipinski definition) is 2. The highest BCUT2D eigenvalue weighted by Gasteiger charge is 2.11. The van der Waals surface area contributed by atoms with Crippen LogP contribution in [0.4, 0.5) is 0 Å². The van der Waals surface area contributed by atoms with E-state index in [-0.39, 0.29) is 6.04 Å². The number of benzene rings is 1. The normalized spacial score (nSPS) is 12.1. The van der Waals surface area contributed by atoms with Crippen LogP contribution in [-0.2, 0) is 0 Å². The van der Waals surface area contributed by atoms with E-state index in [4.69, 9.17) is 16.6 Å². The molecule has 0 unspecified atom stereocenters. The molecule has 0 aliphatic heterocycles. The highest BCUT2D eigenvalue weighted by Crippen LogP contribution is 2.23. The van der Waals surface area contributed by atoms with Crippen LogP contribution in [0.5, 0.6) is 0 Å². The molecule has 2 rings (SSSR count). The van der Waals surface area contributed by atoms with Crippen molar-refractivity contribution in [3.05, 3.63) is 48.7 Å². The lowest BCUT2D eigenvalue weighted by molar-refractivity contribution is 0.491. The Hall–Kier alpha value is -1.81. The molecule has 0 bridgehead atoms.